The smallest absolute Gasteiger partial charge is 0.333 e. The van der Waals surface area contributed by atoms with Gasteiger partial charge in [0.25, 0.3) is 5.56 Å². The normalized spacial score (nSPS) is 11.4. The first kappa shape index (κ1) is 24.1. The number of carbonyl (C=O) groups excluding carboxylic acids is 1. The van der Waals surface area contributed by atoms with E-state index in [1.165, 1.54) is 14.1 Å². The van der Waals surface area contributed by atoms with Crippen LogP contribution in [0.1, 0.15) is 23.6 Å². The summed E-state index contributed by atoms with van der Waals surface area (Å²) in [6.07, 6.45) is 0.870. The molecule has 2 N–H and O–H groups in total. The third kappa shape index (κ3) is 5.81. The van der Waals surface area contributed by atoms with E-state index in [1.54, 1.807) is 12.1 Å². The Morgan fingerprint density at radius 3 is 2.30 bits per heavy atom. The lowest BCUT2D eigenvalue weighted by molar-refractivity contribution is -0.118. The molecular formula is C24H26N4O4S. The van der Waals surface area contributed by atoms with E-state index in [9.17, 15) is 19.5 Å². The van der Waals surface area contributed by atoms with Crippen molar-refractivity contribution >= 4 is 28.4 Å². The van der Waals surface area contributed by atoms with Crippen molar-refractivity contribution < 1.29 is 9.90 Å². The Labute approximate surface area is 195 Å². The highest BCUT2D eigenvalue weighted by Crippen LogP contribution is 2.23. The molecule has 2 aromatic carbocycles. The predicted octanol–water partition coefficient (Wildman–Crippen LogP) is 2.48. The predicted molar refractivity (Wildman–Crippen MR) is 131 cm³/mol. The minimum absolute atomic E-state index is 0.0237. The molecule has 3 rings (SSSR count). The summed E-state index contributed by atoms with van der Waals surface area (Å²) in [6, 6.07) is 17.0. The number of thioether (sulfide) groups is 1. The Balaban J connectivity index is 1.91. The van der Waals surface area contributed by atoms with E-state index < -0.39 is 17.1 Å². The Morgan fingerprint density at radius 2 is 1.67 bits per heavy atom. The van der Waals surface area contributed by atoms with Crippen LogP contribution in [0.15, 0.2) is 69.2 Å². The maximum Gasteiger partial charge on any atom is 0.333 e. The molecule has 1 aromatic heterocycles. The molecule has 0 fully saturated rings. The molecule has 0 bridgehead atoms. The van der Waals surface area contributed by atoms with Gasteiger partial charge in [-0.3, -0.25) is 18.7 Å². The topological polar surface area (TPSA) is 106 Å². The molecule has 0 atom stereocenters. The maximum absolute atomic E-state index is 12.8. The zero-order valence-electron chi connectivity index (χ0n) is 18.7. The van der Waals surface area contributed by atoms with Crippen LogP contribution in [-0.2, 0) is 31.9 Å². The molecule has 0 aliphatic heterocycles. The lowest BCUT2D eigenvalue weighted by Crippen LogP contribution is -2.39. The Kier molecular flexibility index (Phi) is 7.89. The monoisotopic (exact) mass is 466 g/mol. The molecule has 0 saturated carbocycles. The van der Waals surface area contributed by atoms with Crippen LogP contribution in [-0.4, -0.2) is 30.9 Å². The summed E-state index contributed by atoms with van der Waals surface area (Å²) in [5, 5.41) is 13.6. The number of aromatic hydroxyl groups is 1. The zero-order valence-corrected chi connectivity index (χ0v) is 19.6. The average Bonchev–Trinajstić information content (AvgIpc) is 2.84. The van der Waals surface area contributed by atoms with Crippen molar-refractivity contribution in [2.45, 2.75) is 19.9 Å². The van der Waals surface area contributed by atoms with Crippen molar-refractivity contribution in [1.29, 1.82) is 0 Å². The Bertz CT molecular complexity index is 1280. The number of rotatable bonds is 7. The number of aromatic nitrogens is 2. The minimum atomic E-state index is -0.684. The minimum Gasteiger partial charge on any atom is -0.494 e. The Hall–Kier alpha value is -3.59. The van der Waals surface area contributed by atoms with Gasteiger partial charge in [-0.1, -0.05) is 61.2 Å². The fraction of sp³-hybridized carbons (Fsp3) is 0.250. The number of hydrogen-bond donors (Lipinski definition) is 2. The fourth-order valence-electron chi connectivity index (χ4n) is 3.09. The van der Waals surface area contributed by atoms with Gasteiger partial charge in [0.2, 0.25) is 11.8 Å². The van der Waals surface area contributed by atoms with Gasteiger partial charge in [-0.25, -0.2) is 9.79 Å². The number of nitrogens with zero attached hydrogens (tertiary/aromatic N) is 3. The first-order chi connectivity index (χ1) is 15.8. The zero-order chi connectivity index (χ0) is 24.0. The highest BCUT2D eigenvalue weighted by Gasteiger charge is 2.21. The molecule has 0 radical (unpaired) electrons. The fourth-order valence-corrected chi connectivity index (χ4v) is 3.95. The summed E-state index contributed by atoms with van der Waals surface area (Å²) < 4.78 is 1.88. The van der Waals surface area contributed by atoms with Gasteiger partial charge < -0.3 is 10.4 Å². The third-order valence-electron chi connectivity index (χ3n) is 5.10. The molecule has 1 heterocycles. The van der Waals surface area contributed by atoms with Crippen LogP contribution < -0.4 is 16.6 Å². The molecular weight excluding hydrogens is 440 g/mol. The summed E-state index contributed by atoms with van der Waals surface area (Å²) in [4.78, 5) is 42.0. The van der Waals surface area contributed by atoms with Crippen LogP contribution in [0, 0.1) is 0 Å². The average molecular weight is 467 g/mol. The highest BCUT2D eigenvalue weighted by atomic mass is 32.2. The Morgan fingerprint density at radius 1 is 1.00 bits per heavy atom. The lowest BCUT2D eigenvalue weighted by atomic mass is 10.1. The number of hydrogen-bond acceptors (Lipinski definition) is 6. The SMILES string of the molecule is CCc1ccc(N=C(SCC(=O)NCc2ccccc2)c2c(O)n(C)c(=O)n(C)c2=O)cc1. The second-order valence-corrected chi connectivity index (χ2v) is 8.36. The summed E-state index contributed by atoms with van der Waals surface area (Å²) in [6.45, 7) is 2.41. The summed E-state index contributed by atoms with van der Waals surface area (Å²) in [5.74, 6) is -0.771. The van der Waals surface area contributed by atoms with Gasteiger partial charge in [0.1, 0.15) is 10.6 Å². The van der Waals surface area contributed by atoms with Crippen LogP contribution in [0.3, 0.4) is 0 Å². The number of nitrogens with one attached hydrogen (secondary N) is 1. The van der Waals surface area contributed by atoms with Gasteiger partial charge >= 0.3 is 5.69 Å². The van der Waals surface area contributed by atoms with Gasteiger partial charge in [0.05, 0.1) is 11.4 Å². The van der Waals surface area contributed by atoms with Crippen molar-refractivity contribution in [3.8, 4) is 5.88 Å². The third-order valence-corrected chi connectivity index (χ3v) is 6.07. The number of benzene rings is 2. The molecule has 0 saturated heterocycles. The molecule has 9 heteroatoms. The second-order valence-electron chi connectivity index (χ2n) is 7.39. The maximum atomic E-state index is 12.8. The first-order valence-electron chi connectivity index (χ1n) is 10.4. The lowest BCUT2D eigenvalue weighted by Gasteiger charge is -2.12. The quantitative estimate of drug-likeness (QED) is 0.411. The molecule has 1 amide bonds. The molecule has 8 nitrogen and oxygen atoms in total. The molecule has 33 heavy (non-hydrogen) atoms. The van der Waals surface area contributed by atoms with E-state index in [0.717, 1.165) is 38.4 Å². The van der Waals surface area contributed by atoms with E-state index in [4.69, 9.17) is 0 Å². The molecule has 0 unspecified atom stereocenters. The van der Waals surface area contributed by atoms with Crippen LogP contribution in [0.5, 0.6) is 5.88 Å². The van der Waals surface area contributed by atoms with E-state index in [0.29, 0.717) is 12.2 Å². The van der Waals surface area contributed by atoms with Crippen molar-refractivity contribution in [2.24, 2.45) is 19.1 Å². The molecule has 172 valence electrons. The van der Waals surface area contributed by atoms with Gasteiger partial charge in [-0.15, -0.1) is 0 Å². The first-order valence-corrected chi connectivity index (χ1v) is 11.4. The molecule has 0 aliphatic carbocycles. The van der Waals surface area contributed by atoms with Crippen molar-refractivity contribution in [3.63, 3.8) is 0 Å². The summed E-state index contributed by atoms with van der Waals surface area (Å²) in [7, 11) is 2.70. The van der Waals surface area contributed by atoms with Gasteiger partial charge in [0.15, 0.2) is 0 Å². The summed E-state index contributed by atoms with van der Waals surface area (Å²) >= 11 is 1.02. The largest absolute Gasteiger partial charge is 0.494 e. The molecule has 0 aliphatic rings. The van der Waals surface area contributed by atoms with Crippen molar-refractivity contribution in [3.05, 3.63) is 92.1 Å². The number of aryl methyl sites for hydroxylation is 1. The van der Waals surface area contributed by atoms with Crippen LogP contribution in [0.2, 0.25) is 0 Å². The van der Waals surface area contributed by atoms with Crippen molar-refractivity contribution in [2.75, 3.05) is 5.75 Å². The summed E-state index contributed by atoms with van der Waals surface area (Å²) in [5.41, 5.74) is 1.19. The van der Waals surface area contributed by atoms with Gasteiger partial charge in [0, 0.05) is 20.6 Å². The van der Waals surface area contributed by atoms with E-state index in [1.807, 2.05) is 49.4 Å². The van der Waals surface area contributed by atoms with Crippen LogP contribution in [0.4, 0.5) is 5.69 Å². The van der Waals surface area contributed by atoms with Gasteiger partial charge in [-0.05, 0) is 29.7 Å². The second kappa shape index (κ2) is 10.8. The van der Waals surface area contributed by atoms with E-state index >= 15 is 0 Å². The number of amides is 1. The molecule has 3 aromatic rings. The van der Waals surface area contributed by atoms with Crippen molar-refractivity contribution in [1.82, 2.24) is 14.5 Å². The highest BCUT2D eigenvalue weighted by molar-refractivity contribution is 8.15. The van der Waals surface area contributed by atoms with Crippen LogP contribution >= 0.6 is 11.8 Å². The van der Waals surface area contributed by atoms with Crippen LogP contribution in [0.25, 0.3) is 0 Å². The molecule has 0 spiro atoms. The van der Waals surface area contributed by atoms with E-state index in [-0.39, 0.29) is 22.3 Å². The number of aliphatic imine (C=N–C) groups is 1. The van der Waals surface area contributed by atoms with Gasteiger partial charge in [-0.2, -0.15) is 0 Å². The standard InChI is InChI=1S/C24H26N4O4S/c1-4-16-10-12-18(13-11-16)26-21(20-22(30)27(2)24(32)28(3)23(20)31)33-15-19(29)25-14-17-8-6-5-7-9-17/h5-13,30H,4,14-15H2,1-3H3,(H,25,29). The number of carbonyl (C=O) groups is 1. The van der Waals surface area contributed by atoms with E-state index in [2.05, 4.69) is 10.3 Å².